The first kappa shape index (κ1) is 18.6. The lowest BCUT2D eigenvalue weighted by Crippen LogP contribution is -2.14. The summed E-state index contributed by atoms with van der Waals surface area (Å²) in [5.41, 5.74) is 7.99. The van der Waals surface area contributed by atoms with Crippen LogP contribution in [-0.2, 0) is 17.8 Å². The van der Waals surface area contributed by atoms with E-state index < -0.39 is 0 Å². The predicted molar refractivity (Wildman–Crippen MR) is 104 cm³/mol. The van der Waals surface area contributed by atoms with Crippen molar-refractivity contribution in [1.82, 2.24) is 15.2 Å². The SMILES string of the molecule is CC(C)Oc1cccc(CC(=O)Nc2ccc(-c3n[nH]c(CN)n3)cc2)c1. The molecule has 1 heterocycles. The van der Waals surface area contributed by atoms with Gasteiger partial charge in [-0.3, -0.25) is 9.89 Å². The molecule has 0 bridgehead atoms. The monoisotopic (exact) mass is 365 g/mol. The van der Waals surface area contributed by atoms with E-state index in [2.05, 4.69) is 20.5 Å². The summed E-state index contributed by atoms with van der Waals surface area (Å²) in [7, 11) is 0. The number of nitrogens with two attached hydrogens (primary N) is 1. The maximum absolute atomic E-state index is 12.3. The van der Waals surface area contributed by atoms with Crippen LogP contribution in [0.1, 0.15) is 25.2 Å². The molecule has 0 saturated carbocycles. The van der Waals surface area contributed by atoms with Crippen molar-refractivity contribution >= 4 is 11.6 Å². The number of amides is 1. The first-order valence-corrected chi connectivity index (χ1v) is 8.80. The van der Waals surface area contributed by atoms with Gasteiger partial charge in [-0.2, -0.15) is 5.10 Å². The van der Waals surface area contributed by atoms with Crippen LogP contribution in [0.25, 0.3) is 11.4 Å². The van der Waals surface area contributed by atoms with Gasteiger partial charge in [0.2, 0.25) is 5.91 Å². The standard InChI is InChI=1S/C20H23N5O2/c1-13(2)27-17-5-3-4-14(10-17)11-19(26)22-16-8-6-15(7-9-16)20-23-18(12-21)24-25-20/h3-10,13H,11-12,21H2,1-2H3,(H,22,26)(H,23,24,25). The van der Waals surface area contributed by atoms with Gasteiger partial charge in [-0.25, -0.2) is 4.98 Å². The van der Waals surface area contributed by atoms with E-state index in [1.165, 1.54) is 0 Å². The molecule has 27 heavy (non-hydrogen) atoms. The Morgan fingerprint density at radius 3 is 2.67 bits per heavy atom. The smallest absolute Gasteiger partial charge is 0.228 e. The maximum Gasteiger partial charge on any atom is 0.228 e. The zero-order chi connectivity index (χ0) is 19.2. The van der Waals surface area contributed by atoms with E-state index in [4.69, 9.17) is 10.5 Å². The van der Waals surface area contributed by atoms with Crippen LogP contribution < -0.4 is 15.8 Å². The summed E-state index contributed by atoms with van der Waals surface area (Å²) in [5, 5.41) is 9.79. The Kier molecular flexibility index (Phi) is 5.83. The molecule has 0 unspecified atom stereocenters. The molecule has 0 atom stereocenters. The topological polar surface area (TPSA) is 106 Å². The number of H-pyrrole nitrogens is 1. The van der Waals surface area contributed by atoms with E-state index >= 15 is 0 Å². The van der Waals surface area contributed by atoms with Gasteiger partial charge in [0.1, 0.15) is 11.6 Å². The quantitative estimate of drug-likeness (QED) is 0.597. The van der Waals surface area contributed by atoms with E-state index in [-0.39, 0.29) is 18.4 Å². The van der Waals surface area contributed by atoms with Gasteiger partial charge in [-0.05, 0) is 55.8 Å². The summed E-state index contributed by atoms with van der Waals surface area (Å²) in [6.45, 7) is 4.25. The number of carbonyl (C=O) groups is 1. The van der Waals surface area contributed by atoms with Gasteiger partial charge in [0.15, 0.2) is 5.82 Å². The van der Waals surface area contributed by atoms with Gasteiger partial charge in [0.25, 0.3) is 0 Å². The number of hydrogen-bond donors (Lipinski definition) is 3. The summed E-state index contributed by atoms with van der Waals surface area (Å²) >= 11 is 0. The minimum atomic E-state index is -0.0900. The molecule has 2 aromatic carbocycles. The third kappa shape index (κ3) is 5.15. The minimum absolute atomic E-state index is 0.0900. The van der Waals surface area contributed by atoms with Crippen LogP contribution in [0.5, 0.6) is 5.75 Å². The van der Waals surface area contributed by atoms with Gasteiger partial charge in [0.05, 0.1) is 19.1 Å². The highest BCUT2D eigenvalue weighted by atomic mass is 16.5. The highest BCUT2D eigenvalue weighted by molar-refractivity contribution is 5.92. The summed E-state index contributed by atoms with van der Waals surface area (Å²) in [4.78, 5) is 16.6. The number of nitrogens with zero attached hydrogens (tertiary/aromatic N) is 2. The molecule has 3 aromatic rings. The largest absolute Gasteiger partial charge is 0.491 e. The van der Waals surface area contributed by atoms with Gasteiger partial charge in [0, 0.05) is 11.3 Å². The van der Waals surface area contributed by atoms with Gasteiger partial charge in [-0.1, -0.05) is 12.1 Å². The maximum atomic E-state index is 12.3. The molecule has 0 aliphatic rings. The van der Waals surface area contributed by atoms with Crippen LogP contribution in [0.3, 0.4) is 0 Å². The molecule has 0 spiro atoms. The molecule has 0 aliphatic carbocycles. The molecule has 140 valence electrons. The summed E-state index contributed by atoms with van der Waals surface area (Å²) in [5.74, 6) is 1.89. The number of hydrogen-bond acceptors (Lipinski definition) is 5. The molecule has 0 fully saturated rings. The number of benzene rings is 2. The summed E-state index contributed by atoms with van der Waals surface area (Å²) < 4.78 is 5.67. The Labute approximate surface area is 158 Å². The van der Waals surface area contributed by atoms with Crippen LogP contribution >= 0.6 is 0 Å². The van der Waals surface area contributed by atoms with Crippen molar-refractivity contribution in [1.29, 1.82) is 0 Å². The number of nitrogens with one attached hydrogen (secondary N) is 2. The highest BCUT2D eigenvalue weighted by Crippen LogP contribution is 2.19. The van der Waals surface area contributed by atoms with Crippen LogP contribution in [0.4, 0.5) is 5.69 Å². The van der Waals surface area contributed by atoms with E-state index in [1.807, 2.05) is 62.4 Å². The number of ether oxygens (including phenoxy) is 1. The fraction of sp³-hybridized carbons (Fsp3) is 0.250. The molecular weight excluding hydrogens is 342 g/mol. The van der Waals surface area contributed by atoms with Crippen LogP contribution in [0, 0.1) is 0 Å². The lowest BCUT2D eigenvalue weighted by atomic mass is 10.1. The Balaban J connectivity index is 1.61. The average Bonchev–Trinajstić information content (AvgIpc) is 3.11. The van der Waals surface area contributed by atoms with Crippen molar-refractivity contribution in [3.63, 3.8) is 0 Å². The molecule has 0 saturated heterocycles. The van der Waals surface area contributed by atoms with Crippen molar-refractivity contribution in [3.8, 4) is 17.1 Å². The van der Waals surface area contributed by atoms with Crippen molar-refractivity contribution < 1.29 is 9.53 Å². The fourth-order valence-electron chi connectivity index (χ4n) is 2.61. The third-order valence-corrected chi connectivity index (χ3v) is 3.79. The van der Waals surface area contributed by atoms with Crippen LogP contribution in [0.15, 0.2) is 48.5 Å². The molecule has 1 aromatic heterocycles. The van der Waals surface area contributed by atoms with E-state index in [9.17, 15) is 4.79 Å². The second-order valence-electron chi connectivity index (χ2n) is 6.43. The minimum Gasteiger partial charge on any atom is -0.491 e. The molecule has 7 heteroatoms. The second-order valence-corrected chi connectivity index (χ2v) is 6.43. The lowest BCUT2D eigenvalue weighted by Gasteiger charge is -2.11. The number of carbonyl (C=O) groups excluding carboxylic acids is 1. The third-order valence-electron chi connectivity index (χ3n) is 3.79. The Bertz CT molecular complexity index is 903. The summed E-state index contributed by atoms with van der Waals surface area (Å²) in [6, 6.07) is 14.9. The molecule has 1 amide bonds. The number of rotatable bonds is 7. The Morgan fingerprint density at radius 2 is 2.00 bits per heavy atom. The molecule has 4 N–H and O–H groups in total. The molecular formula is C20H23N5O2. The van der Waals surface area contributed by atoms with E-state index in [1.54, 1.807) is 0 Å². The number of anilines is 1. The van der Waals surface area contributed by atoms with Crippen LogP contribution in [0.2, 0.25) is 0 Å². The zero-order valence-electron chi connectivity index (χ0n) is 15.4. The van der Waals surface area contributed by atoms with E-state index in [0.29, 0.717) is 23.9 Å². The van der Waals surface area contributed by atoms with E-state index in [0.717, 1.165) is 16.9 Å². The van der Waals surface area contributed by atoms with Gasteiger partial charge >= 0.3 is 0 Å². The molecule has 3 rings (SSSR count). The molecule has 0 radical (unpaired) electrons. The predicted octanol–water partition coefficient (Wildman–Crippen LogP) is 2.90. The summed E-state index contributed by atoms with van der Waals surface area (Å²) in [6.07, 6.45) is 0.371. The number of aromatic nitrogens is 3. The van der Waals surface area contributed by atoms with Crippen LogP contribution in [-0.4, -0.2) is 27.2 Å². The average molecular weight is 365 g/mol. The van der Waals surface area contributed by atoms with Gasteiger partial charge in [-0.15, -0.1) is 0 Å². The fourth-order valence-corrected chi connectivity index (χ4v) is 2.61. The highest BCUT2D eigenvalue weighted by Gasteiger charge is 2.08. The Hall–Kier alpha value is -3.19. The molecule has 7 nitrogen and oxygen atoms in total. The van der Waals surface area contributed by atoms with Crippen molar-refractivity contribution in [2.75, 3.05) is 5.32 Å². The second kappa shape index (κ2) is 8.46. The zero-order valence-corrected chi connectivity index (χ0v) is 15.4. The van der Waals surface area contributed by atoms with Crippen molar-refractivity contribution in [2.45, 2.75) is 32.9 Å². The Morgan fingerprint density at radius 1 is 1.22 bits per heavy atom. The lowest BCUT2D eigenvalue weighted by molar-refractivity contribution is -0.115. The first-order valence-electron chi connectivity index (χ1n) is 8.80. The first-order chi connectivity index (χ1) is 13.0. The van der Waals surface area contributed by atoms with Crippen molar-refractivity contribution in [3.05, 3.63) is 59.9 Å². The van der Waals surface area contributed by atoms with Gasteiger partial charge < -0.3 is 15.8 Å². The molecule has 0 aliphatic heterocycles. The number of aromatic amines is 1. The normalized spacial score (nSPS) is 10.8. The van der Waals surface area contributed by atoms with Crippen molar-refractivity contribution in [2.24, 2.45) is 5.73 Å².